The number of hydrogen-bond acceptors (Lipinski definition) is 2. The largest absolute Gasteiger partial charge is 0.478 e. The van der Waals surface area contributed by atoms with Crippen molar-refractivity contribution in [2.45, 2.75) is 6.92 Å². The summed E-state index contributed by atoms with van der Waals surface area (Å²) in [5, 5.41) is 9.73. The van der Waals surface area contributed by atoms with Crippen molar-refractivity contribution in [1.82, 2.24) is 9.55 Å². The third-order valence-corrected chi connectivity index (χ3v) is 2.45. The fourth-order valence-corrected chi connectivity index (χ4v) is 1.65. The maximum atomic E-state index is 11.0. The maximum absolute atomic E-state index is 11.0. The van der Waals surface area contributed by atoms with E-state index < -0.39 is 5.97 Å². The lowest BCUT2D eigenvalue weighted by molar-refractivity contribution is 0.0698. The average molecular weight is 190 g/mol. The first-order valence-corrected chi connectivity index (χ1v) is 4.26. The summed E-state index contributed by atoms with van der Waals surface area (Å²) in [5.74, 6) is -0.902. The summed E-state index contributed by atoms with van der Waals surface area (Å²) < 4.78 is 1.79. The van der Waals surface area contributed by atoms with E-state index in [0.29, 0.717) is 16.6 Å². The Morgan fingerprint density at radius 1 is 1.57 bits per heavy atom. The van der Waals surface area contributed by atoms with Crippen LogP contribution in [0.15, 0.2) is 18.3 Å². The second-order valence-corrected chi connectivity index (χ2v) is 3.20. The van der Waals surface area contributed by atoms with E-state index in [1.54, 1.807) is 29.8 Å². The van der Waals surface area contributed by atoms with Crippen LogP contribution in [0.4, 0.5) is 0 Å². The molecule has 0 radical (unpaired) electrons. The lowest BCUT2D eigenvalue weighted by Gasteiger charge is -1.96. The van der Waals surface area contributed by atoms with Crippen LogP contribution >= 0.6 is 0 Å². The van der Waals surface area contributed by atoms with E-state index in [-0.39, 0.29) is 0 Å². The summed E-state index contributed by atoms with van der Waals surface area (Å²) >= 11 is 0. The van der Waals surface area contributed by atoms with Crippen LogP contribution in [0.2, 0.25) is 0 Å². The number of rotatable bonds is 1. The number of carbonyl (C=O) groups is 1. The van der Waals surface area contributed by atoms with Crippen LogP contribution in [0.1, 0.15) is 16.1 Å². The molecule has 2 aromatic rings. The zero-order valence-electron chi connectivity index (χ0n) is 7.98. The molecule has 0 aromatic carbocycles. The Morgan fingerprint density at radius 2 is 2.29 bits per heavy atom. The molecule has 72 valence electrons. The van der Waals surface area contributed by atoms with Gasteiger partial charge in [-0.05, 0) is 19.1 Å². The smallest absolute Gasteiger partial charge is 0.338 e. The van der Waals surface area contributed by atoms with Gasteiger partial charge in [-0.25, -0.2) is 9.78 Å². The number of aryl methyl sites for hydroxylation is 1. The van der Waals surface area contributed by atoms with Gasteiger partial charge in [-0.15, -0.1) is 0 Å². The first kappa shape index (κ1) is 8.74. The quantitative estimate of drug-likeness (QED) is 0.742. The van der Waals surface area contributed by atoms with Gasteiger partial charge in [0.05, 0.1) is 5.56 Å². The molecule has 0 saturated carbocycles. The number of hydrogen-bond donors (Lipinski definition) is 1. The molecule has 0 unspecified atom stereocenters. The molecule has 0 fully saturated rings. The number of pyridine rings is 1. The van der Waals surface area contributed by atoms with Crippen LogP contribution < -0.4 is 0 Å². The minimum atomic E-state index is -0.902. The molecule has 14 heavy (non-hydrogen) atoms. The second kappa shape index (κ2) is 2.83. The monoisotopic (exact) mass is 190 g/mol. The van der Waals surface area contributed by atoms with Gasteiger partial charge >= 0.3 is 5.97 Å². The molecule has 4 nitrogen and oxygen atoms in total. The van der Waals surface area contributed by atoms with Crippen molar-refractivity contribution in [3.05, 3.63) is 29.6 Å². The van der Waals surface area contributed by atoms with E-state index in [1.165, 1.54) is 0 Å². The van der Waals surface area contributed by atoms with Crippen molar-refractivity contribution < 1.29 is 9.90 Å². The number of carboxylic acids is 1. The van der Waals surface area contributed by atoms with Gasteiger partial charge in [0.25, 0.3) is 0 Å². The van der Waals surface area contributed by atoms with Gasteiger partial charge in [-0.2, -0.15) is 0 Å². The first-order valence-electron chi connectivity index (χ1n) is 4.26. The van der Waals surface area contributed by atoms with Gasteiger partial charge in [-0.3, -0.25) is 0 Å². The first-order chi connectivity index (χ1) is 6.63. The molecule has 0 amide bonds. The number of aromatic nitrogens is 2. The van der Waals surface area contributed by atoms with Crippen LogP contribution in [0.25, 0.3) is 11.0 Å². The Hall–Kier alpha value is -1.84. The fraction of sp³-hybridized carbons (Fsp3) is 0.200. The predicted octanol–water partition coefficient (Wildman–Crippen LogP) is 1.58. The molecular weight excluding hydrogens is 180 g/mol. The minimum absolute atomic E-state index is 0.343. The molecule has 0 aliphatic rings. The van der Waals surface area contributed by atoms with Gasteiger partial charge in [0, 0.05) is 24.3 Å². The third-order valence-electron chi connectivity index (χ3n) is 2.45. The van der Waals surface area contributed by atoms with Gasteiger partial charge in [0.1, 0.15) is 5.65 Å². The summed E-state index contributed by atoms with van der Waals surface area (Å²) in [5.41, 5.74) is 1.78. The maximum Gasteiger partial charge on any atom is 0.338 e. The molecular formula is C10H10N2O2. The number of carboxylic acid groups (broad SMARTS) is 1. The van der Waals surface area contributed by atoms with E-state index in [0.717, 1.165) is 5.69 Å². The van der Waals surface area contributed by atoms with E-state index >= 15 is 0 Å². The lowest BCUT2D eigenvalue weighted by atomic mass is 10.2. The standard InChI is InChI=1S/C10H10N2O2/c1-6-8(10(13)14)7-4-3-5-11-9(7)12(6)2/h3-5H,1-2H3,(H,13,14). The topological polar surface area (TPSA) is 55.1 Å². The van der Waals surface area contributed by atoms with Crippen molar-refractivity contribution in [3.8, 4) is 0 Å². The Kier molecular flexibility index (Phi) is 1.77. The average Bonchev–Trinajstić information content (AvgIpc) is 2.41. The number of fused-ring (bicyclic) bond motifs is 1. The van der Waals surface area contributed by atoms with Crippen molar-refractivity contribution in [1.29, 1.82) is 0 Å². The van der Waals surface area contributed by atoms with Crippen molar-refractivity contribution in [2.75, 3.05) is 0 Å². The van der Waals surface area contributed by atoms with E-state index in [9.17, 15) is 4.79 Å². The molecule has 0 aliphatic heterocycles. The molecule has 2 aromatic heterocycles. The molecule has 4 heteroatoms. The number of aromatic carboxylic acids is 1. The lowest BCUT2D eigenvalue weighted by Crippen LogP contribution is -1.99. The van der Waals surface area contributed by atoms with Gasteiger partial charge in [0.15, 0.2) is 0 Å². The predicted molar refractivity (Wildman–Crippen MR) is 52.4 cm³/mol. The number of nitrogens with zero attached hydrogens (tertiary/aromatic N) is 2. The molecule has 2 heterocycles. The third kappa shape index (κ3) is 1.00. The summed E-state index contributed by atoms with van der Waals surface area (Å²) in [4.78, 5) is 15.2. The molecule has 2 rings (SSSR count). The molecule has 0 aliphatic carbocycles. The van der Waals surface area contributed by atoms with Gasteiger partial charge in [-0.1, -0.05) is 0 Å². The molecule has 0 bridgehead atoms. The summed E-state index contributed by atoms with van der Waals surface area (Å²) in [7, 11) is 1.82. The van der Waals surface area contributed by atoms with Crippen molar-refractivity contribution in [2.24, 2.45) is 7.05 Å². The zero-order chi connectivity index (χ0) is 10.3. The highest BCUT2D eigenvalue weighted by Crippen LogP contribution is 2.22. The van der Waals surface area contributed by atoms with Crippen LogP contribution in [-0.4, -0.2) is 20.6 Å². The highest BCUT2D eigenvalue weighted by Gasteiger charge is 2.17. The van der Waals surface area contributed by atoms with E-state index in [1.807, 2.05) is 7.05 Å². The minimum Gasteiger partial charge on any atom is -0.478 e. The highest BCUT2D eigenvalue weighted by molar-refractivity contribution is 6.03. The molecule has 0 saturated heterocycles. The van der Waals surface area contributed by atoms with Crippen LogP contribution in [0, 0.1) is 6.92 Å². The normalized spacial score (nSPS) is 10.7. The molecule has 0 atom stereocenters. The van der Waals surface area contributed by atoms with E-state index in [4.69, 9.17) is 5.11 Å². The Morgan fingerprint density at radius 3 is 2.93 bits per heavy atom. The molecule has 0 spiro atoms. The van der Waals surface area contributed by atoms with Gasteiger partial charge < -0.3 is 9.67 Å². The van der Waals surface area contributed by atoms with Gasteiger partial charge in [0.2, 0.25) is 0 Å². The zero-order valence-corrected chi connectivity index (χ0v) is 7.98. The van der Waals surface area contributed by atoms with E-state index in [2.05, 4.69) is 4.98 Å². The van der Waals surface area contributed by atoms with Crippen LogP contribution in [0.5, 0.6) is 0 Å². The highest BCUT2D eigenvalue weighted by atomic mass is 16.4. The Labute approximate surface area is 80.8 Å². The molecule has 1 N–H and O–H groups in total. The van der Waals surface area contributed by atoms with Crippen LogP contribution in [0.3, 0.4) is 0 Å². The summed E-state index contributed by atoms with van der Waals surface area (Å²) in [6, 6.07) is 3.52. The SMILES string of the molecule is Cc1c(C(=O)O)c2cccnc2n1C. The fourth-order valence-electron chi connectivity index (χ4n) is 1.65. The summed E-state index contributed by atoms with van der Waals surface area (Å²) in [6.45, 7) is 1.78. The second-order valence-electron chi connectivity index (χ2n) is 3.20. The van der Waals surface area contributed by atoms with Crippen molar-refractivity contribution in [3.63, 3.8) is 0 Å². The summed E-state index contributed by atoms with van der Waals surface area (Å²) in [6.07, 6.45) is 1.66. The van der Waals surface area contributed by atoms with Crippen molar-refractivity contribution >= 4 is 17.0 Å². The Balaban J connectivity index is 2.95. The van der Waals surface area contributed by atoms with Crippen LogP contribution in [-0.2, 0) is 7.05 Å². The Bertz CT molecular complexity index is 514.